The average Bonchev–Trinajstić information content (AvgIpc) is 3.22. The van der Waals surface area contributed by atoms with E-state index in [1.165, 1.54) is 0 Å². The van der Waals surface area contributed by atoms with Crippen molar-refractivity contribution < 1.29 is 9.53 Å². The molecule has 2 saturated heterocycles. The molecule has 7 nitrogen and oxygen atoms in total. The second kappa shape index (κ2) is 6.37. The Morgan fingerprint density at radius 3 is 2.88 bits per heavy atom. The van der Waals surface area contributed by atoms with E-state index in [4.69, 9.17) is 4.74 Å². The van der Waals surface area contributed by atoms with E-state index in [-0.39, 0.29) is 17.7 Å². The number of fused-ring (bicyclic) bond motifs is 1. The summed E-state index contributed by atoms with van der Waals surface area (Å²) in [6.07, 6.45) is 1.85. The van der Waals surface area contributed by atoms with Crippen LogP contribution in [-0.2, 0) is 9.53 Å². The lowest BCUT2D eigenvalue weighted by Gasteiger charge is -2.30. The Labute approximate surface area is 146 Å². The van der Waals surface area contributed by atoms with Crippen LogP contribution in [0.3, 0.4) is 0 Å². The van der Waals surface area contributed by atoms with Crippen molar-refractivity contribution in [1.82, 2.24) is 14.3 Å². The summed E-state index contributed by atoms with van der Waals surface area (Å²) in [6.45, 7) is 6.00. The second-order valence-corrected chi connectivity index (χ2v) is 6.75. The molecule has 130 valence electrons. The Morgan fingerprint density at radius 1 is 1.32 bits per heavy atom. The topological polar surface area (TPSA) is 73.9 Å². The van der Waals surface area contributed by atoms with Gasteiger partial charge in [-0.3, -0.25) is 9.20 Å². The van der Waals surface area contributed by atoms with Crippen molar-refractivity contribution in [2.75, 3.05) is 44.3 Å². The quantitative estimate of drug-likeness (QED) is 0.820. The van der Waals surface area contributed by atoms with Crippen LogP contribution in [0.25, 0.3) is 5.65 Å². The number of nitriles is 1. The number of morpholine rings is 1. The van der Waals surface area contributed by atoms with Crippen LogP contribution in [0, 0.1) is 23.2 Å². The zero-order valence-corrected chi connectivity index (χ0v) is 14.3. The van der Waals surface area contributed by atoms with Gasteiger partial charge in [-0.25, -0.2) is 4.98 Å². The summed E-state index contributed by atoms with van der Waals surface area (Å²) in [7, 11) is 0. The predicted molar refractivity (Wildman–Crippen MR) is 92.2 cm³/mol. The fourth-order valence-corrected chi connectivity index (χ4v) is 3.79. The fourth-order valence-electron chi connectivity index (χ4n) is 3.79. The summed E-state index contributed by atoms with van der Waals surface area (Å²) in [5.41, 5.74) is 1.28. The summed E-state index contributed by atoms with van der Waals surface area (Å²) in [5.74, 6) is 1.04. The van der Waals surface area contributed by atoms with Crippen molar-refractivity contribution >= 4 is 17.4 Å². The Morgan fingerprint density at radius 2 is 2.12 bits per heavy atom. The largest absolute Gasteiger partial charge is 0.378 e. The van der Waals surface area contributed by atoms with Crippen molar-refractivity contribution in [3.63, 3.8) is 0 Å². The lowest BCUT2D eigenvalue weighted by atomic mass is 9.96. The van der Waals surface area contributed by atoms with Crippen LogP contribution in [0.5, 0.6) is 0 Å². The number of aromatic nitrogens is 2. The SMILES string of the molecule is C[C@@H]1CN(c2nc3ccccn3c2C#N)C[C@H]1C(=O)N1CCOCC1. The van der Waals surface area contributed by atoms with E-state index in [0.29, 0.717) is 44.4 Å². The Bertz CT molecular complexity index is 834. The minimum absolute atomic E-state index is 0.0607. The zero-order chi connectivity index (χ0) is 17.4. The van der Waals surface area contributed by atoms with Crippen LogP contribution in [0.4, 0.5) is 5.82 Å². The highest BCUT2D eigenvalue weighted by Crippen LogP contribution is 2.31. The maximum absolute atomic E-state index is 12.9. The van der Waals surface area contributed by atoms with E-state index in [2.05, 4.69) is 22.9 Å². The smallest absolute Gasteiger partial charge is 0.227 e. The molecule has 2 fully saturated rings. The van der Waals surface area contributed by atoms with Gasteiger partial charge in [0.25, 0.3) is 0 Å². The molecule has 0 unspecified atom stereocenters. The zero-order valence-electron chi connectivity index (χ0n) is 14.3. The highest BCUT2D eigenvalue weighted by atomic mass is 16.5. The van der Waals surface area contributed by atoms with E-state index >= 15 is 0 Å². The number of carbonyl (C=O) groups excluding carboxylic acids is 1. The van der Waals surface area contributed by atoms with Gasteiger partial charge in [-0.15, -0.1) is 0 Å². The average molecular weight is 339 g/mol. The maximum Gasteiger partial charge on any atom is 0.227 e. The van der Waals surface area contributed by atoms with Gasteiger partial charge < -0.3 is 14.5 Å². The number of ether oxygens (including phenoxy) is 1. The fraction of sp³-hybridized carbons (Fsp3) is 0.500. The number of amides is 1. The van der Waals surface area contributed by atoms with E-state index < -0.39 is 0 Å². The van der Waals surface area contributed by atoms with Gasteiger partial charge in [0.05, 0.1) is 19.1 Å². The standard InChI is InChI=1S/C18H21N5O2/c1-13-11-22(12-14(13)18(24)21-6-8-25-9-7-21)17-15(10-19)23-5-3-2-4-16(23)20-17/h2-5,13-14H,6-9,11-12H2,1H3/t13-,14-/m1/s1. The van der Waals surface area contributed by atoms with Crippen LogP contribution >= 0.6 is 0 Å². The third-order valence-corrected chi connectivity index (χ3v) is 5.17. The molecule has 4 rings (SSSR count). The maximum atomic E-state index is 12.9. The first-order chi connectivity index (χ1) is 12.2. The van der Waals surface area contributed by atoms with Gasteiger partial charge >= 0.3 is 0 Å². The highest BCUT2D eigenvalue weighted by Gasteiger charge is 2.39. The number of hydrogen-bond acceptors (Lipinski definition) is 5. The van der Waals surface area contributed by atoms with Crippen LogP contribution in [-0.4, -0.2) is 59.6 Å². The van der Waals surface area contributed by atoms with E-state index in [9.17, 15) is 10.1 Å². The molecule has 25 heavy (non-hydrogen) atoms. The third-order valence-electron chi connectivity index (χ3n) is 5.17. The number of hydrogen-bond donors (Lipinski definition) is 0. The van der Waals surface area contributed by atoms with Crippen molar-refractivity contribution in [2.45, 2.75) is 6.92 Å². The number of imidazole rings is 1. The van der Waals surface area contributed by atoms with Crippen molar-refractivity contribution in [3.8, 4) is 6.07 Å². The van der Waals surface area contributed by atoms with Crippen molar-refractivity contribution in [3.05, 3.63) is 30.1 Å². The number of anilines is 1. The molecular weight excluding hydrogens is 318 g/mol. The van der Waals surface area contributed by atoms with Crippen LogP contribution in [0.2, 0.25) is 0 Å². The van der Waals surface area contributed by atoms with E-state index in [0.717, 1.165) is 12.2 Å². The molecule has 2 aliphatic rings. The second-order valence-electron chi connectivity index (χ2n) is 6.75. The summed E-state index contributed by atoms with van der Waals surface area (Å²) in [4.78, 5) is 21.5. The first kappa shape index (κ1) is 15.9. The van der Waals surface area contributed by atoms with Gasteiger partial charge in [-0.05, 0) is 18.1 Å². The Balaban J connectivity index is 1.59. The van der Waals surface area contributed by atoms with Gasteiger partial charge in [-0.2, -0.15) is 5.26 Å². The van der Waals surface area contributed by atoms with E-state index in [1.54, 1.807) is 4.40 Å². The third kappa shape index (κ3) is 2.72. The molecule has 7 heteroatoms. The minimum atomic E-state index is -0.0607. The molecule has 2 atom stereocenters. The lowest BCUT2D eigenvalue weighted by Crippen LogP contribution is -2.45. The summed E-state index contributed by atoms with van der Waals surface area (Å²) in [5, 5.41) is 9.58. The molecule has 0 aliphatic carbocycles. The summed E-state index contributed by atoms with van der Waals surface area (Å²) >= 11 is 0. The summed E-state index contributed by atoms with van der Waals surface area (Å²) in [6, 6.07) is 7.95. The Hall–Kier alpha value is -2.59. The molecule has 2 aliphatic heterocycles. The molecule has 2 aromatic rings. The minimum Gasteiger partial charge on any atom is -0.378 e. The molecule has 0 spiro atoms. The van der Waals surface area contributed by atoms with Gasteiger partial charge in [0.1, 0.15) is 11.7 Å². The number of nitrogens with zero attached hydrogens (tertiary/aromatic N) is 5. The Kier molecular flexibility index (Phi) is 4.06. The molecular formula is C18H21N5O2. The molecule has 1 amide bonds. The number of carbonyl (C=O) groups is 1. The first-order valence-corrected chi connectivity index (χ1v) is 8.67. The monoisotopic (exact) mass is 339 g/mol. The van der Waals surface area contributed by atoms with Gasteiger partial charge in [0, 0.05) is 32.4 Å². The molecule has 4 heterocycles. The number of rotatable bonds is 2. The number of pyridine rings is 1. The van der Waals surface area contributed by atoms with Crippen molar-refractivity contribution in [1.29, 1.82) is 5.26 Å². The molecule has 0 aromatic carbocycles. The van der Waals surface area contributed by atoms with Gasteiger partial charge in [-0.1, -0.05) is 13.0 Å². The predicted octanol–water partition coefficient (Wildman–Crippen LogP) is 1.14. The van der Waals surface area contributed by atoms with Gasteiger partial charge in [0.15, 0.2) is 11.5 Å². The van der Waals surface area contributed by atoms with Crippen LogP contribution < -0.4 is 4.90 Å². The normalized spacial score (nSPS) is 23.8. The lowest BCUT2D eigenvalue weighted by molar-refractivity contribution is -0.140. The van der Waals surface area contributed by atoms with Crippen LogP contribution in [0.1, 0.15) is 12.6 Å². The highest BCUT2D eigenvalue weighted by molar-refractivity contribution is 5.81. The molecule has 0 bridgehead atoms. The molecule has 0 N–H and O–H groups in total. The van der Waals surface area contributed by atoms with E-state index in [1.807, 2.05) is 29.3 Å². The first-order valence-electron chi connectivity index (χ1n) is 8.67. The van der Waals surface area contributed by atoms with Gasteiger partial charge in [0.2, 0.25) is 5.91 Å². The molecule has 2 aromatic heterocycles. The van der Waals surface area contributed by atoms with Crippen molar-refractivity contribution in [2.24, 2.45) is 11.8 Å². The van der Waals surface area contributed by atoms with Crippen LogP contribution in [0.15, 0.2) is 24.4 Å². The summed E-state index contributed by atoms with van der Waals surface area (Å²) < 4.78 is 7.14. The molecule has 0 radical (unpaired) electrons. The molecule has 0 saturated carbocycles.